The molecule has 0 saturated carbocycles. The number of hydrogen-bond donors (Lipinski definition) is 0. The number of carbonyl (C=O) groups is 1. The van der Waals surface area contributed by atoms with Crippen LogP contribution < -0.4 is 0 Å². The van der Waals surface area contributed by atoms with Crippen molar-refractivity contribution in [1.82, 2.24) is 0 Å². The summed E-state index contributed by atoms with van der Waals surface area (Å²) in [5.74, 6) is 0.382. The summed E-state index contributed by atoms with van der Waals surface area (Å²) >= 11 is 0.342. The van der Waals surface area contributed by atoms with Gasteiger partial charge in [0.2, 0.25) is 0 Å². The molecule has 0 N–H and O–H groups in total. The standard InChI is InChI=1S/C5H10O2.U/c1-4(2)3-5(6)7;/h4H,3H2,1-2H3,(H,6,7);/q;+1/p-1. The van der Waals surface area contributed by atoms with Crippen molar-refractivity contribution in [2.45, 2.75) is 20.3 Å². The topological polar surface area (TPSA) is 26.3 Å². The van der Waals surface area contributed by atoms with E-state index in [1.54, 1.807) is 0 Å². The van der Waals surface area contributed by atoms with Gasteiger partial charge < -0.3 is 0 Å². The molecule has 3 heteroatoms. The fourth-order valence-corrected chi connectivity index (χ4v) is 0.722. The SMILES string of the molecule is CC(C)CC(=O)[O][U]. The molecule has 0 aromatic carbocycles. The van der Waals surface area contributed by atoms with E-state index in [-0.39, 0.29) is 5.97 Å². The molecule has 0 aromatic rings. The van der Waals surface area contributed by atoms with Crippen LogP contribution in [0.3, 0.4) is 0 Å². The maximum atomic E-state index is 10.4. The summed E-state index contributed by atoms with van der Waals surface area (Å²) in [6.07, 6.45) is 0.566. The van der Waals surface area contributed by atoms with Crippen molar-refractivity contribution in [1.29, 1.82) is 0 Å². The zero-order valence-corrected chi connectivity index (χ0v) is 9.26. The summed E-state index contributed by atoms with van der Waals surface area (Å²) in [4.78, 5) is 10.4. The molecule has 0 aliphatic heterocycles. The summed E-state index contributed by atoms with van der Waals surface area (Å²) in [5.41, 5.74) is 0. The van der Waals surface area contributed by atoms with Gasteiger partial charge in [-0.25, -0.2) is 0 Å². The van der Waals surface area contributed by atoms with Gasteiger partial charge >= 0.3 is 69.1 Å². The fraction of sp³-hybridized carbons (Fsp3) is 0.800. The van der Waals surface area contributed by atoms with Crippen LogP contribution in [0, 0.1) is 35.8 Å². The van der Waals surface area contributed by atoms with Gasteiger partial charge in [-0.1, -0.05) is 0 Å². The molecule has 0 aromatic heterocycles. The summed E-state index contributed by atoms with van der Waals surface area (Å²) in [7, 11) is 0. The molecule has 0 aliphatic rings. The third kappa shape index (κ3) is 4.68. The van der Waals surface area contributed by atoms with Gasteiger partial charge in [-0.15, -0.1) is 0 Å². The molecular weight excluding hydrogens is 330 g/mol. The van der Waals surface area contributed by atoms with Crippen molar-refractivity contribution in [3.63, 3.8) is 0 Å². The van der Waals surface area contributed by atoms with Crippen LogP contribution in [0.5, 0.6) is 0 Å². The molecule has 0 aliphatic carbocycles. The van der Waals surface area contributed by atoms with Crippen LogP contribution in [0.15, 0.2) is 0 Å². The quantitative estimate of drug-likeness (QED) is 0.752. The van der Waals surface area contributed by atoms with Gasteiger partial charge in [0.15, 0.2) is 0 Å². The van der Waals surface area contributed by atoms with E-state index in [9.17, 15) is 4.79 Å². The molecule has 0 amide bonds. The molecular formula is C5H9O2U. The Kier molecular flexibility index (Phi) is 4.69. The molecule has 0 radical (unpaired) electrons. The molecule has 0 heterocycles. The van der Waals surface area contributed by atoms with Crippen LogP contribution in [-0.4, -0.2) is 5.97 Å². The molecule has 8 heavy (non-hydrogen) atoms. The Morgan fingerprint density at radius 3 is 2.38 bits per heavy atom. The van der Waals surface area contributed by atoms with E-state index >= 15 is 0 Å². The van der Waals surface area contributed by atoms with Crippen LogP contribution in [0.2, 0.25) is 0 Å². The Balaban J connectivity index is 3.25. The van der Waals surface area contributed by atoms with E-state index in [4.69, 9.17) is 0 Å². The minimum atomic E-state index is -0.0502. The zero-order valence-electron chi connectivity index (χ0n) is 5.10. The van der Waals surface area contributed by atoms with Crippen molar-refractivity contribution < 1.29 is 37.0 Å². The van der Waals surface area contributed by atoms with Gasteiger partial charge in [0.1, 0.15) is 0 Å². The average Bonchev–Trinajstić information content (AvgIpc) is 1.65. The minimum absolute atomic E-state index is 0.0502. The average molecular weight is 339 g/mol. The van der Waals surface area contributed by atoms with Gasteiger partial charge in [-0.05, 0) is 0 Å². The zero-order chi connectivity index (χ0) is 6.57. The van der Waals surface area contributed by atoms with E-state index < -0.39 is 0 Å². The molecule has 0 saturated heterocycles. The number of rotatable bonds is 2. The molecule has 0 atom stereocenters. The summed E-state index contributed by atoms with van der Waals surface area (Å²) in [6.45, 7) is 4.00. The first-order valence-electron chi connectivity index (χ1n) is 2.53. The molecule has 0 rings (SSSR count). The normalized spacial score (nSPS) is 9.62. The molecule has 0 unspecified atom stereocenters. The van der Waals surface area contributed by atoms with E-state index in [2.05, 4.69) is 2.24 Å². The fourth-order valence-electron chi connectivity index (χ4n) is 0.375. The molecule has 2 nitrogen and oxygen atoms in total. The second-order valence-electron chi connectivity index (χ2n) is 2.07. The van der Waals surface area contributed by atoms with Crippen molar-refractivity contribution >= 4 is 5.97 Å². The molecule has 45 valence electrons. The molecule has 0 fully saturated rings. The Morgan fingerprint density at radius 1 is 1.75 bits per heavy atom. The van der Waals surface area contributed by atoms with Crippen LogP contribution in [-0.2, 0) is 7.04 Å². The Labute approximate surface area is 69.0 Å². The first-order valence-corrected chi connectivity index (χ1v) is 4.23. The van der Waals surface area contributed by atoms with Crippen LogP contribution >= 0.6 is 0 Å². The summed E-state index contributed by atoms with van der Waals surface area (Å²) in [5, 5.41) is 0. The first-order chi connectivity index (χ1) is 3.66. The Hall–Kier alpha value is 0.522. The van der Waals surface area contributed by atoms with Crippen molar-refractivity contribution in [3.8, 4) is 0 Å². The number of carbonyl (C=O) groups excluding carboxylic acids is 1. The maximum absolute atomic E-state index is 10.4. The van der Waals surface area contributed by atoms with E-state index in [1.807, 2.05) is 13.8 Å². The third-order valence-electron chi connectivity index (χ3n) is 0.689. The predicted octanol–water partition coefficient (Wildman–Crippen LogP) is 1.04. The monoisotopic (exact) mass is 339 g/mol. The van der Waals surface area contributed by atoms with Gasteiger partial charge in [0.05, 0.1) is 0 Å². The van der Waals surface area contributed by atoms with Crippen molar-refractivity contribution in [2.75, 3.05) is 0 Å². The van der Waals surface area contributed by atoms with E-state index in [0.29, 0.717) is 42.3 Å². The predicted molar refractivity (Wildman–Crippen MR) is 25.5 cm³/mol. The van der Waals surface area contributed by atoms with Gasteiger partial charge in [-0.3, -0.25) is 0 Å². The summed E-state index contributed by atoms with van der Waals surface area (Å²) in [6, 6.07) is 0. The van der Waals surface area contributed by atoms with Crippen LogP contribution in [0.1, 0.15) is 20.3 Å². The second-order valence-corrected chi connectivity index (χ2v) is 2.92. The van der Waals surface area contributed by atoms with Crippen LogP contribution in [0.25, 0.3) is 0 Å². The Morgan fingerprint density at radius 2 is 2.25 bits per heavy atom. The van der Waals surface area contributed by atoms with E-state index in [1.165, 1.54) is 0 Å². The molecule has 0 spiro atoms. The van der Waals surface area contributed by atoms with Gasteiger partial charge in [-0.2, -0.15) is 0 Å². The molecule has 0 bridgehead atoms. The van der Waals surface area contributed by atoms with Gasteiger partial charge in [0.25, 0.3) is 0 Å². The third-order valence-corrected chi connectivity index (χ3v) is 1.64. The first kappa shape index (κ1) is 8.52. The number of hydrogen-bond acceptors (Lipinski definition) is 2. The van der Waals surface area contributed by atoms with Crippen LogP contribution in [0.4, 0.5) is 0 Å². The van der Waals surface area contributed by atoms with E-state index in [0.717, 1.165) is 0 Å². The summed E-state index contributed by atoms with van der Waals surface area (Å²) < 4.78 is 4.59. The van der Waals surface area contributed by atoms with Gasteiger partial charge in [0, 0.05) is 0 Å². The Bertz CT molecular complexity index is 80.5. The second kappa shape index (κ2) is 4.41. The van der Waals surface area contributed by atoms with Crippen molar-refractivity contribution in [2.24, 2.45) is 5.92 Å². The van der Waals surface area contributed by atoms with Crippen molar-refractivity contribution in [3.05, 3.63) is 0 Å².